The fourth-order valence-corrected chi connectivity index (χ4v) is 2.26. The highest BCUT2D eigenvalue weighted by Gasteiger charge is 2.20. The van der Waals surface area contributed by atoms with Gasteiger partial charge in [0, 0.05) is 19.4 Å². The normalized spacial score (nSPS) is 19.2. The summed E-state index contributed by atoms with van der Waals surface area (Å²) in [5.74, 6) is 7.08. The summed E-state index contributed by atoms with van der Waals surface area (Å²) in [6.45, 7) is 3.63. The molecular formula is C12H20N4O. The number of hydrazine groups is 1. The van der Waals surface area contributed by atoms with E-state index in [1.54, 1.807) is 6.20 Å². The third-order valence-corrected chi connectivity index (χ3v) is 3.27. The molecule has 1 unspecified atom stereocenters. The molecule has 5 nitrogen and oxygen atoms in total. The Morgan fingerprint density at radius 1 is 1.53 bits per heavy atom. The van der Waals surface area contributed by atoms with Gasteiger partial charge in [-0.3, -0.25) is 11.3 Å². The van der Waals surface area contributed by atoms with E-state index in [0.29, 0.717) is 5.92 Å². The van der Waals surface area contributed by atoms with Gasteiger partial charge in [0.2, 0.25) is 0 Å². The zero-order valence-electron chi connectivity index (χ0n) is 10.2. The minimum Gasteiger partial charge on any atom is -0.381 e. The van der Waals surface area contributed by atoms with Gasteiger partial charge in [-0.15, -0.1) is 0 Å². The quantitative estimate of drug-likeness (QED) is 0.605. The standard InChI is InChI=1S/C12H20N4O/c1-9-14-5-2-11(15-9)12(16-13)8-10-3-6-17-7-4-10/h2,5,10,12,16H,3-4,6-8,13H2,1H3. The Hall–Kier alpha value is -1.04. The molecule has 1 aliphatic heterocycles. The van der Waals surface area contributed by atoms with Crippen LogP contribution in [-0.4, -0.2) is 23.2 Å². The van der Waals surface area contributed by atoms with E-state index in [1.807, 2.05) is 13.0 Å². The molecule has 17 heavy (non-hydrogen) atoms. The number of aryl methyl sites for hydroxylation is 1. The minimum atomic E-state index is 0.111. The van der Waals surface area contributed by atoms with Crippen LogP contribution in [0.4, 0.5) is 0 Å². The first kappa shape index (κ1) is 12.4. The number of hydrogen-bond donors (Lipinski definition) is 2. The maximum atomic E-state index is 5.63. The van der Waals surface area contributed by atoms with Crippen LogP contribution in [0.5, 0.6) is 0 Å². The zero-order chi connectivity index (χ0) is 12.1. The van der Waals surface area contributed by atoms with Gasteiger partial charge in [0.1, 0.15) is 5.82 Å². The van der Waals surface area contributed by atoms with Crippen molar-refractivity contribution in [2.75, 3.05) is 13.2 Å². The average molecular weight is 236 g/mol. The fraction of sp³-hybridized carbons (Fsp3) is 0.667. The summed E-state index contributed by atoms with van der Waals surface area (Å²) in [6, 6.07) is 2.04. The molecule has 0 radical (unpaired) electrons. The van der Waals surface area contributed by atoms with Gasteiger partial charge >= 0.3 is 0 Å². The lowest BCUT2D eigenvalue weighted by molar-refractivity contribution is 0.0603. The second-order valence-corrected chi connectivity index (χ2v) is 4.54. The highest BCUT2D eigenvalue weighted by atomic mass is 16.5. The largest absolute Gasteiger partial charge is 0.381 e. The van der Waals surface area contributed by atoms with Gasteiger partial charge in [-0.1, -0.05) is 0 Å². The summed E-state index contributed by atoms with van der Waals surface area (Å²) in [6.07, 6.45) is 5.02. The number of nitrogens with two attached hydrogens (primary N) is 1. The van der Waals surface area contributed by atoms with E-state index < -0.39 is 0 Å². The van der Waals surface area contributed by atoms with Crippen LogP contribution in [0.2, 0.25) is 0 Å². The molecule has 1 aliphatic rings. The molecule has 5 heteroatoms. The van der Waals surface area contributed by atoms with Crippen molar-refractivity contribution in [3.8, 4) is 0 Å². The molecule has 3 N–H and O–H groups in total. The van der Waals surface area contributed by atoms with Gasteiger partial charge < -0.3 is 4.74 Å². The molecular weight excluding hydrogens is 216 g/mol. The predicted molar refractivity (Wildman–Crippen MR) is 65.0 cm³/mol. The van der Waals surface area contributed by atoms with E-state index in [2.05, 4.69) is 15.4 Å². The molecule has 2 rings (SSSR count). The number of aromatic nitrogens is 2. The number of rotatable bonds is 4. The third kappa shape index (κ3) is 3.46. The zero-order valence-corrected chi connectivity index (χ0v) is 10.2. The number of hydrogen-bond acceptors (Lipinski definition) is 5. The van der Waals surface area contributed by atoms with Crippen molar-refractivity contribution in [2.24, 2.45) is 11.8 Å². The average Bonchev–Trinajstić information content (AvgIpc) is 2.37. The molecule has 0 aromatic carbocycles. The summed E-state index contributed by atoms with van der Waals surface area (Å²) in [5, 5.41) is 0. The van der Waals surface area contributed by atoms with Crippen LogP contribution in [0, 0.1) is 12.8 Å². The highest BCUT2D eigenvalue weighted by molar-refractivity contribution is 5.07. The molecule has 0 aliphatic carbocycles. The summed E-state index contributed by atoms with van der Waals surface area (Å²) in [5.41, 5.74) is 3.84. The van der Waals surface area contributed by atoms with Gasteiger partial charge in [-0.2, -0.15) is 0 Å². The first-order valence-corrected chi connectivity index (χ1v) is 6.13. The maximum Gasteiger partial charge on any atom is 0.125 e. The molecule has 0 amide bonds. The van der Waals surface area contributed by atoms with Gasteiger partial charge in [0.05, 0.1) is 11.7 Å². The second-order valence-electron chi connectivity index (χ2n) is 4.54. The van der Waals surface area contributed by atoms with Crippen LogP contribution >= 0.6 is 0 Å². The van der Waals surface area contributed by atoms with Gasteiger partial charge in [-0.05, 0) is 38.2 Å². The molecule has 0 saturated carbocycles. The number of nitrogens with zero attached hydrogens (tertiary/aromatic N) is 2. The van der Waals surface area contributed by atoms with Gasteiger partial charge in [0.15, 0.2) is 0 Å². The van der Waals surface area contributed by atoms with Gasteiger partial charge in [0.25, 0.3) is 0 Å². The lowest BCUT2D eigenvalue weighted by Crippen LogP contribution is -2.31. The van der Waals surface area contributed by atoms with Crippen LogP contribution in [0.15, 0.2) is 12.3 Å². The summed E-state index contributed by atoms with van der Waals surface area (Å²) in [4.78, 5) is 8.53. The Bertz CT molecular complexity index is 352. The molecule has 1 saturated heterocycles. The molecule has 1 aromatic heterocycles. The van der Waals surface area contributed by atoms with Crippen molar-refractivity contribution in [3.63, 3.8) is 0 Å². The monoisotopic (exact) mass is 236 g/mol. The molecule has 94 valence electrons. The lowest BCUT2D eigenvalue weighted by Gasteiger charge is -2.26. The predicted octanol–water partition coefficient (Wildman–Crippen LogP) is 1.11. The first-order valence-electron chi connectivity index (χ1n) is 6.13. The Morgan fingerprint density at radius 3 is 2.94 bits per heavy atom. The lowest BCUT2D eigenvalue weighted by atomic mass is 9.91. The Morgan fingerprint density at radius 2 is 2.29 bits per heavy atom. The van der Waals surface area contributed by atoms with E-state index in [9.17, 15) is 0 Å². The van der Waals surface area contributed by atoms with Crippen LogP contribution in [0.25, 0.3) is 0 Å². The molecule has 2 heterocycles. The van der Waals surface area contributed by atoms with E-state index >= 15 is 0 Å². The molecule has 0 bridgehead atoms. The van der Waals surface area contributed by atoms with Crippen molar-refractivity contribution >= 4 is 0 Å². The van der Waals surface area contributed by atoms with E-state index in [0.717, 1.165) is 44.0 Å². The van der Waals surface area contributed by atoms with Crippen LogP contribution < -0.4 is 11.3 Å². The Kier molecular flexibility index (Phi) is 4.42. The molecule has 1 aromatic rings. The third-order valence-electron chi connectivity index (χ3n) is 3.27. The Balaban J connectivity index is 2.00. The second kappa shape index (κ2) is 6.05. The molecule has 1 fully saturated rings. The van der Waals surface area contributed by atoms with Crippen molar-refractivity contribution in [1.29, 1.82) is 0 Å². The topological polar surface area (TPSA) is 73.1 Å². The summed E-state index contributed by atoms with van der Waals surface area (Å²) in [7, 11) is 0. The van der Waals surface area contributed by atoms with Gasteiger partial charge in [-0.25, -0.2) is 9.97 Å². The number of ether oxygens (including phenoxy) is 1. The highest BCUT2D eigenvalue weighted by Crippen LogP contribution is 2.26. The van der Waals surface area contributed by atoms with Crippen molar-refractivity contribution in [2.45, 2.75) is 32.2 Å². The number of nitrogens with one attached hydrogen (secondary N) is 1. The van der Waals surface area contributed by atoms with E-state index in [-0.39, 0.29) is 6.04 Å². The summed E-state index contributed by atoms with van der Waals surface area (Å²) >= 11 is 0. The van der Waals surface area contributed by atoms with E-state index in [1.165, 1.54) is 0 Å². The van der Waals surface area contributed by atoms with E-state index in [4.69, 9.17) is 10.6 Å². The van der Waals surface area contributed by atoms with Crippen molar-refractivity contribution in [1.82, 2.24) is 15.4 Å². The SMILES string of the molecule is Cc1nccc(C(CC2CCOCC2)NN)n1. The van der Waals surface area contributed by atoms with Crippen LogP contribution in [0.3, 0.4) is 0 Å². The fourth-order valence-electron chi connectivity index (χ4n) is 2.26. The maximum absolute atomic E-state index is 5.63. The molecule has 0 spiro atoms. The van der Waals surface area contributed by atoms with Crippen LogP contribution in [0.1, 0.15) is 36.8 Å². The van der Waals surface area contributed by atoms with Crippen molar-refractivity contribution in [3.05, 3.63) is 23.8 Å². The first-order chi connectivity index (χ1) is 8.29. The van der Waals surface area contributed by atoms with Crippen LogP contribution in [-0.2, 0) is 4.74 Å². The minimum absolute atomic E-state index is 0.111. The van der Waals surface area contributed by atoms with Crippen molar-refractivity contribution < 1.29 is 4.74 Å². The Labute approximate surface area is 102 Å². The molecule has 1 atom stereocenters. The summed E-state index contributed by atoms with van der Waals surface area (Å²) < 4.78 is 5.36. The smallest absolute Gasteiger partial charge is 0.125 e.